The number of rotatable bonds is 1. The summed E-state index contributed by atoms with van der Waals surface area (Å²) in [6.07, 6.45) is 0.127. The normalized spacial score (nSPS) is 25.1. The van der Waals surface area contributed by atoms with E-state index in [1.54, 1.807) is 7.11 Å². The second-order valence-electron chi connectivity index (χ2n) is 1.60. The van der Waals surface area contributed by atoms with Crippen LogP contribution < -0.4 is 0 Å². The van der Waals surface area contributed by atoms with Crippen LogP contribution in [0.1, 0.15) is 0 Å². The van der Waals surface area contributed by atoms with E-state index in [0.29, 0.717) is 12.7 Å². The van der Waals surface area contributed by atoms with Gasteiger partial charge in [-0.25, -0.2) is 0 Å². The Hall–Kier alpha value is -0.770. The molecular formula is C5H9NO3. The molecule has 4 nitrogen and oxygen atoms in total. The van der Waals surface area contributed by atoms with Crippen LogP contribution in [0.15, 0.2) is 4.99 Å². The van der Waals surface area contributed by atoms with Crippen molar-refractivity contribution in [2.45, 2.75) is 6.23 Å². The smallest absolute Gasteiger partial charge is 0.386 e. The summed E-state index contributed by atoms with van der Waals surface area (Å²) < 4.78 is 14.5. The van der Waals surface area contributed by atoms with Crippen LogP contribution >= 0.6 is 0 Å². The van der Waals surface area contributed by atoms with Crippen LogP contribution in [0.25, 0.3) is 0 Å². The summed E-state index contributed by atoms with van der Waals surface area (Å²) in [6, 6.07) is 0. The molecule has 4 heteroatoms. The highest BCUT2D eigenvalue weighted by Crippen LogP contribution is 2.03. The van der Waals surface area contributed by atoms with Gasteiger partial charge in [-0.3, -0.25) is 0 Å². The van der Waals surface area contributed by atoms with Crippen LogP contribution in [0, 0.1) is 0 Å². The van der Waals surface area contributed by atoms with Crippen LogP contribution in [-0.4, -0.2) is 33.1 Å². The number of methoxy groups -OCH3 is 2. The Kier molecular flexibility index (Phi) is 1.89. The minimum absolute atomic E-state index is 0.181. The lowest BCUT2D eigenvalue weighted by atomic mass is 10.6. The molecule has 1 aliphatic rings. The highest BCUT2D eigenvalue weighted by atomic mass is 16.7. The molecule has 0 saturated carbocycles. The van der Waals surface area contributed by atoms with E-state index < -0.39 is 0 Å². The molecule has 0 amide bonds. The zero-order valence-electron chi connectivity index (χ0n) is 5.46. The predicted octanol–water partition coefficient (Wildman–Crippen LogP) is -0.00850. The van der Waals surface area contributed by atoms with Crippen LogP contribution in [0.4, 0.5) is 0 Å². The fourth-order valence-corrected chi connectivity index (χ4v) is 0.567. The first-order valence-corrected chi connectivity index (χ1v) is 2.64. The first kappa shape index (κ1) is 6.35. The molecule has 0 aromatic carbocycles. The van der Waals surface area contributed by atoms with E-state index in [2.05, 4.69) is 4.99 Å². The molecule has 9 heavy (non-hydrogen) atoms. The molecule has 1 atom stereocenters. The van der Waals surface area contributed by atoms with E-state index >= 15 is 0 Å². The SMILES string of the molecule is COC1=NC(OC)CO1. The van der Waals surface area contributed by atoms with Gasteiger partial charge in [0.05, 0.1) is 7.11 Å². The number of ether oxygens (including phenoxy) is 3. The first-order chi connectivity index (χ1) is 4.36. The topological polar surface area (TPSA) is 40.0 Å². The van der Waals surface area contributed by atoms with Crippen molar-refractivity contribution in [3.8, 4) is 0 Å². The lowest BCUT2D eigenvalue weighted by Gasteiger charge is -1.97. The van der Waals surface area contributed by atoms with Crippen molar-refractivity contribution in [2.75, 3.05) is 20.8 Å². The molecule has 0 N–H and O–H groups in total. The van der Waals surface area contributed by atoms with Crippen molar-refractivity contribution in [2.24, 2.45) is 4.99 Å². The summed E-state index contributed by atoms with van der Waals surface area (Å²) in [4.78, 5) is 3.88. The van der Waals surface area contributed by atoms with Gasteiger partial charge < -0.3 is 14.2 Å². The molecule has 0 radical (unpaired) electrons. The molecule has 0 aromatic heterocycles. The van der Waals surface area contributed by atoms with Crippen molar-refractivity contribution in [3.05, 3.63) is 0 Å². The average Bonchev–Trinajstić information content (AvgIpc) is 2.34. The van der Waals surface area contributed by atoms with Crippen LogP contribution in [0.2, 0.25) is 0 Å². The summed E-state index contributed by atoms with van der Waals surface area (Å²) in [6.45, 7) is 0.458. The van der Waals surface area contributed by atoms with Gasteiger partial charge in [-0.15, -0.1) is 0 Å². The lowest BCUT2D eigenvalue weighted by Crippen LogP contribution is -2.07. The summed E-state index contributed by atoms with van der Waals surface area (Å²) in [5.74, 6) is 0. The minimum atomic E-state index is -0.181. The van der Waals surface area contributed by atoms with Crippen molar-refractivity contribution in [3.63, 3.8) is 0 Å². The maximum atomic E-state index is 4.91. The van der Waals surface area contributed by atoms with E-state index in [-0.39, 0.29) is 6.23 Å². The lowest BCUT2D eigenvalue weighted by molar-refractivity contribution is 0.0786. The van der Waals surface area contributed by atoms with Gasteiger partial charge >= 0.3 is 6.08 Å². The van der Waals surface area contributed by atoms with E-state index in [9.17, 15) is 0 Å². The van der Waals surface area contributed by atoms with Crippen LogP contribution in [0.3, 0.4) is 0 Å². The van der Waals surface area contributed by atoms with Gasteiger partial charge in [0.2, 0.25) is 0 Å². The molecule has 0 saturated heterocycles. The third-order valence-electron chi connectivity index (χ3n) is 1.05. The van der Waals surface area contributed by atoms with Gasteiger partial charge in [-0.1, -0.05) is 0 Å². The summed E-state index contributed by atoms with van der Waals surface area (Å²) in [5.41, 5.74) is 0. The predicted molar refractivity (Wildman–Crippen MR) is 31.2 cm³/mol. The van der Waals surface area contributed by atoms with Crippen molar-refractivity contribution in [1.29, 1.82) is 0 Å². The Morgan fingerprint density at radius 3 is 2.78 bits per heavy atom. The van der Waals surface area contributed by atoms with E-state index in [4.69, 9.17) is 14.2 Å². The van der Waals surface area contributed by atoms with Crippen molar-refractivity contribution >= 4 is 6.08 Å². The highest BCUT2D eigenvalue weighted by Gasteiger charge is 2.17. The van der Waals surface area contributed by atoms with E-state index in [1.165, 1.54) is 7.11 Å². The largest absolute Gasteiger partial charge is 0.454 e. The van der Waals surface area contributed by atoms with E-state index in [1.807, 2.05) is 0 Å². The second-order valence-corrected chi connectivity index (χ2v) is 1.60. The molecule has 0 fully saturated rings. The number of nitrogens with zero attached hydrogens (tertiary/aromatic N) is 1. The van der Waals surface area contributed by atoms with E-state index in [0.717, 1.165) is 0 Å². The van der Waals surface area contributed by atoms with Crippen molar-refractivity contribution in [1.82, 2.24) is 0 Å². The average molecular weight is 131 g/mol. The Morgan fingerprint density at radius 2 is 2.44 bits per heavy atom. The molecule has 1 rings (SSSR count). The molecule has 1 heterocycles. The molecule has 0 bridgehead atoms. The monoisotopic (exact) mass is 131 g/mol. The Labute approximate surface area is 53.4 Å². The Balaban J connectivity index is 2.40. The standard InChI is InChI=1S/C5H9NO3/c1-7-4-3-9-5(6-4)8-2/h4H,3H2,1-2H3. The quantitative estimate of drug-likeness (QED) is 0.502. The zero-order chi connectivity index (χ0) is 6.69. The Bertz CT molecular complexity index is 123. The first-order valence-electron chi connectivity index (χ1n) is 2.64. The van der Waals surface area contributed by atoms with Crippen LogP contribution in [0.5, 0.6) is 0 Å². The third kappa shape index (κ3) is 1.32. The molecule has 0 spiro atoms. The van der Waals surface area contributed by atoms with Gasteiger partial charge in [0, 0.05) is 7.11 Å². The third-order valence-corrected chi connectivity index (χ3v) is 1.05. The zero-order valence-corrected chi connectivity index (χ0v) is 5.46. The number of hydrogen-bond donors (Lipinski definition) is 0. The Morgan fingerprint density at radius 1 is 1.67 bits per heavy atom. The van der Waals surface area contributed by atoms with Gasteiger partial charge in [-0.2, -0.15) is 4.99 Å². The fourth-order valence-electron chi connectivity index (χ4n) is 0.567. The van der Waals surface area contributed by atoms with Gasteiger partial charge in [0.15, 0.2) is 6.23 Å². The molecule has 1 aliphatic heterocycles. The van der Waals surface area contributed by atoms with Gasteiger partial charge in [0.25, 0.3) is 0 Å². The number of hydrogen-bond acceptors (Lipinski definition) is 4. The summed E-state index contributed by atoms with van der Waals surface area (Å²) >= 11 is 0. The summed E-state index contributed by atoms with van der Waals surface area (Å²) in [7, 11) is 3.09. The number of aliphatic imine (C=N–C) groups is 1. The van der Waals surface area contributed by atoms with Crippen molar-refractivity contribution < 1.29 is 14.2 Å². The minimum Gasteiger partial charge on any atom is -0.454 e. The van der Waals surface area contributed by atoms with Gasteiger partial charge in [0.1, 0.15) is 6.61 Å². The maximum Gasteiger partial charge on any atom is 0.386 e. The highest BCUT2D eigenvalue weighted by molar-refractivity contribution is 5.68. The molecule has 52 valence electrons. The molecule has 0 aromatic rings. The molecular weight excluding hydrogens is 122 g/mol. The van der Waals surface area contributed by atoms with Crippen LogP contribution in [-0.2, 0) is 14.2 Å². The summed E-state index contributed by atoms with van der Waals surface area (Å²) in [5, 5.41) is 0. The fraction of sp³-hybridized carbons (Fsp3) is 0.800. The molecule has 0 aliphatic carbocycles. The molecule has 1 unspecified atom stereocenters. The maximum absolute atomic E-state index is 4.91. The second kappa shape index (κ2) is 2.68. The van der Waals surface area contributed by atoms with Gasteiger partial charge in [-0.05, 0) is 0 Å².